The number of carboxylic acids is 1. The average Bonchev–Trinajstić information content (AvgIpc) is 3.21. The van der Waals surface area contributed by atoms with Crippen LogP contribution in [0.4, 0.5) is 0 Å². The van der Waals surface area contributed by atoms with E-state index in [1.807, 2.05) is 21.1 Å². The van der Waals surface area contributed by atoms with Crippen molar-refractivity contribution in [3.63, 3.8) is 0 Å². The summed E-state index contributed by atoms with van der Waals surface area (Å²) in [5.74, 6) is -2.33. The molecule has 0 aliphatic carbocycles. The molecule has 0 rings (SSSR count). The molecule has 60 heavy (non-hydrogen) atoms. The average molecular weight is 842 g/mol. The van der Waals surface area contributed by atoms with Crippen molar-refractivity contribution in [2.24, 2.45) is 0 Å². The van der Waals surface area contributed by atoms with Crippen molar-refractivity contribution in [3.8, 4) is 0 Å². The largest absolute Gasteiger partial charge is 0.545 e. The van der Waals surface area contributed by atoms with Crippen LogP contribution in [-0.2, 0) is 33.3 Å². The Kier molecular flexibility index (Phi) is 40.1. The van der Waals surface area contributed by atoms with Crippen LogP contribution in [0.5, 0.6) is 0 Å². The third kappa shape index (κ3) is 42.8. The molecule has 0 aromatic carbocycles. The Morgan fingerprint density at radius 2 is 0.950 bits per heavy atom. The minimum absolute atomic E-state index is 0.139. The van der Waals surface area contributed by atoms with E-state index < -0.39 is 24.3 Å². The second-order valence-corrected chi connectivity index (χ2v) is 16.7. The maximum atomic E-state index is 12.8. The molecule has 344 valence electrons. The maximum Gasteiger partial charge on any atom is 0.306 e. The summed E-state index contributed by atoms with van der Waals surface area (Å²) in [5.41, 5.74) is 0. The highest BCUT2D eigenvalue weighted by atomic mass is 16.7. The topological polar surface area (TPSA) is 111 Å². The normalized spacial score (nSPS) is 13.6. The molecular formula is C51H87NO8. The van der Waals surface area contributed by atoms with Gasteiger partial charge in [0.25, 0.3) is 0 Å². The van der Waals surface area contributed by atoms with Gasteiger partial charge in [0.1, 0.15) is 13.2 Å². The SMILES string of the molecule is CC/C=C\C/C=C\C/C=C\C/C=C\C/C=C\CCCCCCCC(=O)OC(COC(=O)CCCCCCC/C=C\CCCCCCC)COC(OCC[N+](C)(C)C)C(=O)[O-]. The zero-order chi connectivity index (χ0) is 44.2. The van der Waals surface area contributed by atoms with Gasteiger partial charge in [0, 0.05) is 12.8 Å². The number of unbranched alkanes of at least 4 members (excludes halogenated alkanes) is 15. The smallest absolute Gasteiger partial charge is 0.306 e. The Morgan fingerprint density at radius 1 is 0.517 bits per heavy atom. The van der Waals surface area contributed by atoms with Crippen molar-refractivity contribution < 1.29 is 42.9 Å². The van der Waals surface area contributed by atoms with Gasteiger partial charge in [-0.3, -0.25) is 9.59 Å². The zero-order valence-electron chi connectivity index (χ0n) is 38.8. The van der Waals surface area contributed by atoms with Gasteiger partial charge in [-0.1, -0.05) is 151 Å². The second kappa shape index (κ2) is 42.4. The Hall–Kier alpha value is -3.27. The molecule has 0 N–H and O–H groups in total. The first kappa shape index (κ1) is 56.7. The number of carbonyl (C=O) groups excluding carboxylic acids is 3. The maximum absolute atomic E-state index is 12.8. The summed E-state index contributed by atoms with van der Waals surface area (Å²) in [5, 5.41) is 11.7. The molecular weight excluding hydrogens is 755 g/mol. The highest BCUT2D eigenvalue weighted by Gasteiger charge is 2.21. The van der Waals surface area contributed by atoms with Crippen LogP contribution < -0.4 is 5.11 Å². The van der Waals surface area contributed by atoms with Crippen LogP contribution in [0.3, 0.4) is 0 Å². The van der Waals surface area contributed by atoms with Gasteiger partial charge in [0.15, 0.2) is 12.4 Å². The van der Waals surface area contributed by atoms with Gasteiger partial charge < -0.3 is 33.3 Å². The summed E-state index contributed by atoms with van der Waals surface area (Å²) in [7, 11) is 5.89. The predicted octanol–water partition coefficient (Wildman–Crippen LogP) is 11.4. The Labute approximate surface area is 367 Å². The second-order valence-electron chi connectivity index (χ2n) is 16.7. The Morgan fingerprint density at radius 3 is 1.43 bits per heavy atom. The molecule has 0 amide bonds. The fourth-order valence-corrected chi connectivity index (χ4v) is 6.03. The quantitative estimate of drug-likeness (QED) is 0.0196. The monoisotopic (exact) mass is 842 g/mol. The molecule has 0 fully saturated rings. The van der Waals surface area contributed by atoms with Gasteiger partial charge in [0.05, 0.1) is 40.3 Å². The van der Waals surface area contributed by atoms with Crippen molar-refractivity contribution >= 4 is 17.9 Å². The van der Waals surface area contributed by atoms with E-state index in [9.17, 15) is 19.5 Å². The van der Waals surface area contributed by atoms with Gasteiger partial charge in [-0.05, 0) is 83.5 Å². The van der Waals surface area contributed by atoms with Crippen LogP contribution in [0.1, 0.15) is 174 Å². The van der Waals surface area contributed by atoms with E-state index in [-0.39, 0.29) is 38.6 Å². The fourth-order valence-electron chi connectivity index (χ4n) is 6.03. The van der Waals surface area contributed by atoms with Crippen LogP contribution >= 0.6 is 0 Å². The zero-order valence-corrected chi connectivity index (χ0v) is 38.8. The molecule has 0 heterocycles. The standard InChI is InChI=1S/C51H87NO8/c1-6-8-10-12-14-16-18-20-22-23-24-25-26-27-28-30-32-34-36-38-40-42-49(54)60-47(46-59-51(50(55)56)57-44-43-52(3,4)5)45-58-48(53)41-39-37-35-33-31-29-21-19-17-15-13-11-9-7-2/h8,10,14,16,19-22,24-25,27-28,47,51H,6-7,9,11-13,15,17-18,23,26,29-46H2,1-5H3/b10-8-,16-14-,21-19-,22-20-,25-24-,28-27-. The summed E-state index contributed by atoms with van der Waals surface area (Å²) in [4.78, 5) is 37.0. The predicted molar refractivity (Wildman–Crippen MR) is 246 cm³/mol. The van der Waals surface area contributed by atoms with E-state index in [0.717, 1.165) is 103 Å². The van der Waals surface area contributed by atoms with Gasteiger partial charge in [-0.15, -0.1) is 0 Å². The molecule has 0 spiro atoms. The van der Waals surface area contributed by atoms with E-state index in [1.54, 1.807) is 0 Å². The van der Waals surface area contributed by atoms with Crippen molar-refractivity contribution in [1.82, 2.24) is 0 Å². The minimum atomic E-state index is -1.63. The lowest BCUT2D eigenvalue weighted by molar-refractivity contribution is -0.870. The Bertz CT molecular complexity index is 1210. The summed E-state index contributed by atoms with van der Waals surface area (Å²) in [6.45, 7) is 4.57. The number of carboxylic acid groups (broad SMARTS) is 1. The number of quaternary nitrogens is 1. The van der Waals surface area contributed by atoms with Crippen LogP contribution in [0, 0.1) is 0 Å². The lowest BCUT2D eigenvalue weighted by Gasteiger charge is -2.26. The van der Waals surface area contributed by atoms with E-state index in [4.69, 9.17) is 18.9 Å². The lowest BCUT2D eigenvalue weighted by atomic mass is 10.1. The highest BCUT2D eigenvalue weighted by Crippen LogP contribution is 2.13. The van der Waals surface area contributed by atoms with E-state index >= 15 is 0 Å². The number of ether oxygens (including phenoxy) is 4. The van der Waals surface area contributed by atoms with E-state index in [2.05, 4.69) is 86.8 Å². The van der Waals surface area contributed by atoms with Gasteiger partial charge in [-0.2, -0.15) is 0 Å². The lowest BCUT2D eigenvalue weighted by Crippen LogP contribution is -2.44. The number of carbonyl (C=O) groups is 3. The number of hydrogen-bond donors (Lipinski definition) is 0. The van der Waals surface area contributed by atoms with E-state index in [1.165, 1.54) is 38.5 Å². The van der Waals surface area contributed by atoms with Crippen molar-refractivity contribution in [2.75, 3.05) is 47.5 Å². The summed E-state index contributed by atoms with van der Waals surface area (Å²) < 4.78 is 22.5. The summed E-state index contributed by atoms with van der Waals surface area (Å²) >= 11 is 0. The molecule has 9 heteroatoms. The number of likely N-dealkylation sites (N-methyl/N-ethyl adjacent to an activating group) is 1. The molecule has 0 bridgehead atoms. The molecule has 0 saturated heterocycles. The molecule has 0 aliphatic heterocycles. The molecule has 0 saturated carbocycles. The molecule has 0 aromatic heterocycles. The minimum Gasteiger partial charge on any atom is -0.545 e. The van der Waals surface area contributed by atoms with Crippen molar-refractivity contribution in [2.45, 2.75) is 187 Å². The first-order valence-corrected chi connectivity index (χ1v) is 23.6. The van der Waals surface area contributed by atoms with Crippen LogP contribution in [0.25, 0.3) is 0 Å². The van der Waals surface area contributed by atoms with Crippen molar-refractivity contribution in [1.29, 1.82) is 0 Å². The molecule has 0 aromatic rings. The number of hydrogen-bond acceptors (Lipinski definition) is 8. The Balaban J connectivity index is 4.47. The summed E-state index contributed by atoms with van der Waals surface area (Å²) in [6.07, 6.45) is 49.3. The third-order valence-corrected chi connectivity index (χ3v) is 9.69. The number of esters is 2. The van der Waals surface area contributed by atoms with Crippen molar-refractivity contribution in [3.05, 3.63) is 72.9 Å². The van der Waals surface area contributed by atoms with E-state index in [0.29, 0.717) is 17.4 Å². The van der Waals surface area contributed by atoms with Crippen LogP contribution in [0.2, 0.25) is 0 Å². The first-order valence-electron chi connectivity index (χ1n) is 23.6. The van der Waals surface area contributed by atoms with Gasteiger partial charge in [0.2, 0.25) is 0 Å². The first-order chi connectivity index (χ1) is 29.1. The molecule has 0 aliphatic rings. The fraction of sp³-hybridized carbons (Fsp3) is 0.706. The number of rotatable bonds is 42. The molecule has 2 unspecified atom stereocenters. The van der Waals surface area contributed by atoms with Crippen LogP contribution in [0.15, 0.2) is 72.9 Å². The van der Waals surface area contributed by atoms with Crippen LogP contribution in [-0.4, -0.2) is 82.3 Å². The number of aliphatic carboxylic acids is 1. The third-order valence-electron chi connectivity index (χ3n) is 9.69. The van der Waals surface area contributed by atoms with Gasteiger partial charge >= 0.3 is 11.9 Å². The number of allylic oxidation sites excluding steroid dienone is 12. The molecule has 0 radical (unpaired) electrons. The van der Waals surface area contributed by atoms with Gasteiger partial charge in [-0.25, -0.2) is 0 Å². The summed E-state index contributed by atoms with van der Waals surface area (Å²) in [6, 6.07) is 0. The molecule has 9 nitrogen and oxygen atoms in total. The molecule has 2 atom stereocenters. The number of nitrogens with zero attached hydrogens (tertiary/aromatic N) is 1. The highest BCUT2D eigenvalue weighted by molar-refractivity contribution is 5.70.